The van der Waals surface area contributed by atoms with E-state index in [0.717, 1.165) is 41.6 Å². The van der Waals surface area contributed by atoms with Crippen molar-refractivity contribution in [1.29, 1.82) is 0 Å². The van der Waals surface area contributed by atoms with Gasteiger partial charge in [-0.25, -0.2) is 19.7 Å². The van der Waals surface area contributed by atoms with Crippen molar-refractivity contribution >= 4 is 23.1 Å². The number of aromatic nitrogens is 4. The van der Waals surface area contributed by atoms with Crippen molar-refractivity contribution in [3.63, 3.8) is 0 Å². The molecule has 0 aliphatic rings. The average Bonchev–Trinajstić information content (AvgIpc) is 2.97. The minimum Gasteiger partial charge on any atom is -0.444 e. The lowest BCUT2D eigenvalue weighted by molar-refractivity contribution is -0.870. The van der Waals surface area contributed by atoms with E-state index < -0.39 is 11.7 Å². The minimum absolute atomic E-state index is 0.423. The molecule has 2 N–H and O–H groups in total. The lowest BCUT2D eigenvalue weighted by atomic mass is 10.2. The molecule has 0 aromatic carbocycles. The molecule has 156 valence electrons. The summed E-state index contributed by atoms with van der Waals surface area (Å²) in [7, 11) is 6.61. The number of nitrogens with zero attached hydrogens (tertiary/aromatic N) is 5. The van der Waals surface area contributed by atoms with E-state index in [-0.39, 0.29) is 0 Å². The molecule has 2 aromatic heterocycles. The fourth-order valence-corrected chi connectivity index (χ4v) is 2.70. The second kappa shape index (κ2) is 9.18. The van der Waals surface area contributed by atoms with Gasteiger partial charge in [-0.15, -0.1) is 0 Å². The molecule has 0 aliphatic heterocycles. The van der Waals surface area contributed by atoms with Crippen LogP contribution in [0.15, 0.2) is 12.7 Å². The number of ether oxygens (including phenoxy) is 1. The molecule has 0 saturated heterocycles. The van der Waals surface area contributed by atoms with Crippen LogP contribution in [0.2, 0.25) is 0 Å². The topological polar surface area (TPSA) is 94.0 Å². The summed E-state index contributed by atoms with van der Waals surface area (Å²) in [6, 6.07) is 0. The Morgan fingerprint density at radius 1 is 1.14 bits per heavy atom. The predicted molar refractivity (Wildman–Crippen MR) is 110 cm³/mol. The Bertz CT molecular complexity index is 775. The van der Waals surface area contributed by atoms with Crippen molar-refractivity contribution in [2.75, 3.05) is 46.1 Å². The molecule has 9 heteroatoms. The Kier molecular flexibility index (Phi) is 7.17. The van der Waals surface area contributed by atoms with Crippen LogP contribution in [0.5, 0.6) is 0 Å². The van der Waals surface area contributed by atoms with Crippen LogP contribution in [-0.2, 0) is 11.3 Å². The van der Waals surface area contributed by atoms with Crippen molar-refractivity contribution in [2.45, 2.75) is 45.8 Å². The summed E-state index contributed by atoms with van der Waals surface area (Å²) in [5.41, 5.74) is 1.06. The second-order valence-corrected chi connectivity index (χ2v) is 8.91. The number of hydrogen-bond acceptors (Lipinski definition) is 6. The average molecular weight is 393 g/mol. The van der Waals surface area contributed by atoms with E-state index in [4.69, 9.17) is 4.74 Å². The van der Waals surface area contributed by atoms with Gasteiger partial charge in [0.25, 0.3) is 0 Å². The first-order valence-corrected chi connectivity index (χ1v) is 9.72. The monoisotopic (exact) mass is 392 g/mol. The van der Waals surface area contributed by atoms with Gasteiger partial charge in [-0.1, -0.05) is 0 Å². The smallest absolute Gasteiger partial charge is 0.407 e. The summed E-state index contributed by atoms with van der Waals surface area (Å²) < 4.78 is 8.25. The van der Waals surface area contributed by atoms with E-state index in [1.165, 1.54) is 6.33 Å². The van der Waals surface area contributed by atoms with E-state index >= 15 is 0 Å². The Morgan fingerprint density at radius 3 is 2.57 bits per heavy atom. The van der Waals surface area contributed by atoms with E-state index in [9.17, 15) is 4.79 Å². The summed E-state index contributed by atoms with van der Waals surface area (Å²) in [5.74, 6) is 0.668. The van der Waals surface area contributed by atoms with Gasteiger partial charge in [-0.05, 0) is 33.6 Å². The summed E-state index contributed by atoms with van der Waals surface area (Å²) in [4.78, 5) is 24.8. The van der Waals surface area contributed by atoms with Gasteiger partial charge in [0, 0.05) is 19.6 Å². The predicted octanol–water partition coefficient (Wildman–Crippen LogP) is 2.25. The van der Waals surface area contributed by atoms with Crippen LogP contribution in [0, 0.1) is 0 Å². The molecule has 28 heavy (non-hydrogen) atoms. The molecule has 2 rings (SSSR count). The molecule has 0 bridgehead atoms. The second-order valence-electron chi connectivity index (χ2n) is 8.91. The maximum Gasteiger partial charge on any atom is 0.407 e. The number of amides is 1. The highest BCUT2D eigenvalue weighted by Gasteiger charge is 2.15. The molecule has 0 aliphatic carbocycles. The maximum absolute atomic E-state index is 11.7. The molecule has 2 aromatic rings. The Morgan fingerprint density at radius 2 is 1.89 bits per heavy atom. The van der Waals surface area contributed by atoms with Gasteiger partial charge in [-0.2, -0.15) is 0 Å². The van der Waals surface area contributed by atoms with Crippen molar-refractivity contribution in [3.05, 3.63) is 12.7 Å². The molecule has 2 heterocycles. The van der Waals surface area contributed by atoms with Gasteiger partial charge in [-0.3, -0.25) is 0 Å². The van der Waals surface area contributed by atoms with Crippen molar-refractivity contribution in [3.8, 4) is 0 Å². The third-order valence-corrected chi connectivity index (χ3v) is 3.96. The van der Waals surface area contributed by atoms with Gasteiger partial charge in [0.05, 0.1) is 34.0 Å². The van der Waals surface area contributed by atoms with Gasteiger partial charge >= 0.3 is 6.09 Å². The normalized spacial score (nSPS) is 12.2. The van der Waals surface area contributed by atoms with E-state index in [2.05, 4.69) is 51.3 Å². The largest absolute Gasteiger partial charge is 0.444 e. The molecule has 0 unspecified atom stereocenters. The van der Waals surface area contributed by atoms with E-state index in [1.54, 1.807) is 0 Å². The number of nitrogens with one attached hydrogen (secondary N) is 2. The minimum atomic E-state index is -0.505. The highest BCUT2D eigenvalue weighted by molar-refractivity contribution is 5.82. The first-order chi connectivity index (χ1) is 13.1. The quantitative estimate of drug-likeness (QED) is 0.502. The summed E-state index contributed by atoms with van der Waals surface area (Å²) in [6.07, 6.45) is 5.15. The van der Waals surface area contributed by atoms with Crippen LogP contribution < -0.4 is 10.6 Å². The summed E-state index contributed by atoms with van der Waals surface area (Å²) in [6.45, 7) is 8.46. The number of quaternary nitrogens is 1. The number of fused-ring (bicyclic) bond motifs is 1. The number of carbonyl (C=O) groups is 1. The highest BCUT2D eigenvalue weighted by atomic mass is 16.6. The van der Waals surface area contributed by atoms with Crippen LogP contribution in [0.1, 0.15) is 33.6 Å². The molecule has 0 saturated carbocycles. The first-order valence-electron chi connectivity index (χ1n) is 9.72. The standard InChI is InChI=1S/C19H33N7O2/c1-19(2,3)28-18(27)21-10-9-20-16-15-17(23-13-22-16)25(14-24-15)11-7-8-12-26(4,5)6/h13-14H,7-12H2,1-6H3,(H-,20,21,22,23,27)/p+1. The van der Waals surface area contributed by atoms with Crippen molar-refractivity contribution < 1.29 is 14.0 Å². The molecule has 1 amide bonds. The third kappa shape index (κ3) is 7.30. The molecular weight excluding hydrogens is 358 g/mol. The SMILES string of the molecule is CC(C)(C)OC(=O)NCCNc1ncnc2c1ncn2CCCC[N+](C)(C)C. The van der Waals surface area contributed by atoms with Crippen LogP contribution in [0.3, 0.4) is 0 Å². The number of alkyl carbamates (subject to hydrolysis) is 1. The highest BCUT2D eigenvalue weighted by Crippen LogP contribution is 2.17. The van der Waals surface area contributed by atoms with Gasteiger partial charge in [0.2, 0.25) is 0 Å². The van der Waals surface area contributed by atoms with Crippen LogP contribution >= 0.6 is 0 Å². The maximum atomic E-state index is 11.7. The fraction of sp³-hybridized carbons (Fsp3) is 0.684. The zero-order valence-corrected chi connectivity index (χ0v) is 17.9. The van der Waals surface area contributed by atoms with Gasteiger partial charge in [0.1, 0.15) is 17.4 Å². The zero-order chi connectivity index (χ0) is 20.8. The number of aryl methyl sites for hydroxylation is 1. The van der Waals surface area contributed by atoms with Crippen LogP contribution in [-0.4, -0.2) is 76.5 Å². The number of unbranched alkanes of at least 4 members (excludes halogenated alkanes) is 1. The van der Waals surface area contributed by atoms with Crippen LogP contribution in [0.4, 0.5) is 10.6 Å². The Hall–Kier alpha value is -2.42. The fourth-order valence-electron chi connectivity index (χ4n) is 2.70. The molecule has 0 fully saturated rings. The lowest BCUT2D eigenvalue weighted by Crippen LogP contribution is -2.35. The molecule has 0 radical (unpaired) electrons. The van der Waals surface area contributed by atoms with E-state index in [1.807, 2.05) is 27.1 Å². The van der Waals surface area contributed by atoms with Crippen molar-refractivity contribution in [1.82, 2.24) is 24.8 Å². The van der Waals surface area contributed by atoms with E-state index in [0.29, 0.717) is 18.9 Å². The lowest BCUT2D eigenvalue weighted by Gasteiger charge is -2.23. The molecule has 0 spiro atoms. The number of hydrogen-bond donors (Lipinski definition) is 2. The summed E-state index contributed by atoms with van der Waals surface area (Å²) >= 11 is 0. The molecular formula is C19H34N7O2+. The number of imidazole rings is 1. The molecule has 9 nitrogen and oxygen atoms in total. The Labute approximate surface area is 167 Å². The third-order valence-electron chi connectivity index (χ3n) is 3.96. The number of anilines is 1. The van der Waals surface area contributed by atoms with Crippen molar-refractivity contribution in [2.24, 2.45) is 0 Å². The first kappa shape index (κ1) is 21.9. The molecule has 0 atom stereocenters. The van der Waals surface area contributed by atoms with Gasteiger partial charge < -0.3 is 24.4 Å². The van der Waals surface area contributed by atoms with Gasteiger partial charge in [0.15, 0.2) is 11.5 Å². The summed E-state index contributed by atoms with van der Waals surface area (Å²) in [5, 5.41) is 5.92. The Balaban J connectivity index is 1.85. The zero-order valence-electron chi connectivity index (χ0n) is 17.9. The number of carbonyl (C=O) groups excluding carboxylic acids is 1. The number of rotatable bonds is 9. The van der Waals surface area contributed by atoms with Crippen LogP contribution in [0.25, 0.3) is 11.2 Å².